The zero-order chi connectivity index (χ0) is 24.6. The minimum Gasteiger partial charge on any atom is -0.376 e. The third-order valence-corrected chi connectivity index (χ3v) is 8.53. The van der Waals surface area contributed by atoms with Crippen LogP contribution in [0.4, 0.5) is 5.69 Å². The normalized spacial score (nSPS) is 31.0. The maximum absolute atomic E-state index is 13.9. The smallest absolute Gasteiger partial charge is 0.250 e. The lowest BCUT2D eigenvalue weighted by Crippen LogP contribution is -2.54. The fourth-order valence-electron chi connectivity index (χ4n) is 6.72. The molecular weight excluding hydrogens is 480 g/mol. The number of likely N-dealkylation sites (tertiary alicyclic amines) is 1. The van der Waals surface area contributed by atoms with E-state index in [4.69, 9.17) is 16.3 Å². The molecule has 4 aliphatic rings. The molecule has 0 saturated carbocycles. The number of hydrogen-bond donors (Lipinski definition) is 3. The molecule has 3 amide bonds. The number of carbonyl (C=O) groups is 3. The summed E-state index contributed by atoms with van der Waals surface area (Å²) in [4.78, 5) is 46.1. The Morgan fingerprint density at radius 3 is 2.81 bits per heavy atom. The molecule has 5 heterocycles. The Balaban J connectivity index is 1.33. The van der Waals surface area contributed by atoms with Gasteiger partial charge >= 0.3 is 0 Å². The fraction of sp³-hybridized carbons (Fsp3) is 0.370. The van der Waals surface area contributed by atoms with Gasteiger partial charge in [0.25, 0.3) is 0 Å². The molecule has 0 bridgehead atoms. The van der Waals surface area contributed by atoms with E-state index in [1.165, 1.54) is 4.90 Å². The number of H-pyrrole nitrogens is 1. The minimum atomic E-state index is -1.36. The van der Waals surface area contributed by atoms with Crippen LogP contribution in [-0.4, -0.2) is 52.9 Å². The van der Waals surface area contributed by atoms with Gasteiger partial charge in [-0.05, 0) is 49.1 Å². The summed E-state index contributed by atoms with van der Waals surface area (Å²) in [7, 11) is 0. The number of aromatic amines is 1. The Labute approximate surface area is 212 Å². The highest BCUT2D eigenvalue weighted by molar-refractivity contribution is 6.31. The molecule has 0 radical (unpaired) electrons. The van der Waals surface area contributed by atoms with E-state index >= 15 is 0 Å². The number of nitrogens with one attached hydrogen (secondary N) is 3. The molecule has 8 nitrogen and oxygen atoms in total. The summed E-state index contributed by atoms with van der Waals surface area (Å²) >= 11 is 6.35. The van der Waals surface area contributed by atoms with Gasteiger partial charge in [0.05, 0.1) is 24.5 Å². The number of carbonyl (C=O) groups excluding carboxylic acids is 3. The summed E-state index contributed by atoms with van der Waals surface area (Å²) in [6.45, 7) is 0.862. The molecule has 7 rings (SSSR count). The van der Waals surface area contributed by atoms with Gasteiger partial charge in [-0.2, -0.15) is 0 Å². The van der Waals surface area contributed by atoms with E-state index in [2.05, 4.69) is 15.6 Å². The van der Waals surface area contributed by atoms with Crippen LogP contribution < -0.4 is 10.6 Å². The number of fused-ring (bicyclic) bond motifs is 5. The van der Waals surface area contributed by atoms with Crippen LogP contribution in [0, 0.1) is 11.8 Å². The van der Waals surface area contributed by atoms with Crippen molar-refractivity contribution in [2.24, 2.45) is 11.8 Å². The second-order valence-electron chi connectivity index (χ2n) is 10.2. The second-order valence-corrected chi connectivity index (χ2v) is 10.6. The highest BCUT2D eigenvalue weighted by Gasteiger charge is 2.70. The number of benzene rings is 2. The summed E-state index contributed by atoms with van der Waals surface area (Å²) in [5.41, 5.74) is 1.90. The lowest BCUT2D eigenvalue weighted by Gasteiger charge is -2.30. The first-order valence-corrected chi connectivity index (χ1v) is 12.8. The maximum Gasteiger partial charge on any atom is 0.250 e. The molecule has 5 atom stereocenters. The number of amides is 3. The first-order chi connectivity index (χ1) is 17.5. The van der Waals surface area contributed by atoms with Crippen LogP contribution in [0.15, 0.2) is 48.7 Å². The van der Waals surface area contributed by atoms with Crippen molar-refractivity contribution in [3.63, 3.8) is 0 Å². The molecule has 3 N–H and O–H groups in total. The SMILES string of the molecule is O=C1[C@H]2[C@H](Cc3c[nH]c4ccccc34)N[C@@]3(C(=O)Nc4ccc(Cl)cc43)[C@H]2C(=O)N1C[C@H]1CCCO1. The van der Waals surface area contributed by atoms with Gasteiger partial charge in [0.1, 0.15) is 5.54 Å². The summed E-state index contributed by atoms with van der Waals surface area (Å²) in [5.74, 6) is -2.42. The number of nitrogens with zero attached hydrogens (tertiary/aromatic N) is 1. The highest BCUT2D eigenvalue weighted by Crippen LogP contribution is 2.54. The topological polar surface area (TPSA) is 104 Å². The molecule has 3 fully saturated rings. The molecule has 0 unspecified atom stereocenters. The molecule has 9 heteroatoms. The zero-order valence-electron chi connectivity index (χ0n) is 19.4. The van der Waals surface area contributed by atoms with Gasteiger partial charge in [0, 0.05) is 46.0 Å². The van der Waals surface area contributed by atoms with Crippen molar-refractivity contribution in [2.75, 3.05) is 18.5 Å². The van der Waals surface area contributed by atoms with Gasteiger partial charge in [-0.25, -0.2) is 0 Å². The Morgan fingerprint density at radius 2 is 1.97 bits per heavy atom. The number of para-hydroxylation sites is 1. The number of aromatic nitrogens is 1. The van der Waals surface area contributed by atoms with E-state index < -0.39 is 23.4 Å². The summed E-state index contributed by atoms with van der Waals surface area (Å²) in [6.07, 6.45) is 4.00. The van der Waals surface area contributed by atoms with E-state index in [0.717, 1.165) is 29.3 Å². The lowest BCUT2D eigenvalue weighted by atomic mass is 9.76. The second kappa shape index (κ2) is 7.90. The summed E-state index contributed by atoms with van der Waals surface area (Å²) in [6, 6.07) is 12.7. The van der Waals surface area contributed by atoms with Crippen molar-refractivity contribution in [2.45, 2.75) is 36.9 Å². The third kappa shape index (κ3) is 2.98. The first kappa shape index (κ1) is 22.0. The molecule has 1 aromatic heterocycles. The zero-order valence-corrected chi connectivity index (χ0v) is 20.2. The van der Waals surface area contributed by atoms with E-state index in [1.54, 1.807) is 18.2 Å². The lowest BCUT2D eigenvalue weighted by molar-refractivity contribution is -0.144. The van der Waals surface area contributed by atoms with Crippen LogP contribution in [0.3, 0.4) is 0 Å². The van der Waals surface area contributed by atoms with Gasteiger partial charge in [-0.15, -0.1) is 0 Å². The van der Waals surface area contributed by atoms with Crippen LogP contribution in [-0.2, 0) is 31.1 Å². The number of ether oxygens (including phenoxy) is 1. The van der Waals surface area contributed by atoms with Crippen molar-refractivity contribution in [3.05, 3.63) is 64.8 Å². The Hall–Kier alpha value is -3.20. The molecule has 2 aromatic carbocycles. The van der Waals surface area contributed by atoms with Crippen LogP contribution in [0.25, 0.3) is 10.9 Å². The van der Waals surface area contributed by atoms with Gasteiger partial charge in [-0.3, -0.25) is 24.6 Å². The van der Waals surface area contributed by atoms with E-state index in [9.17, 15) is 14.4 Å². The average molecular weight is 505 g/mol. The number of hydrogen-bond acceptors (Lipinski definition) is 5. The minimum absolute atomic E-state index is 0.160. The van der Waals surface area contributed by atoms with E-state index in [0.29, 0.717) is 29.3 Å². The Kier molecular flexibility index (Phi) is 4.83. The standard InChI is InChI=1S/C27H25ClN4O4/c28-15-7-8-20-18(11-15)27(26(35)30-20)23-22(24(33)32(25(23)34)13-16-4-3-9-36-16)21(31-27)10-14-12-29-19-6-2-1-5-17(14)19/h1-2,5-8,11-12,16,21-23,29,31H,3-4,9-10,13H2,(H,30,35)/t16-,21+,22+,23-,27-/m1/s1. The fourth-order valence-corrected chi connectivity index (χ4v) is 6.89. The molecule has 3 aromatic rings. The molecular formula is C27H25ClN4O4. The number of rotatable bonds is 4. The van der Waals surface area contributed by atoms with E-state index in [1.807, 2.05) is 30.5 Å². The predicted molar refractivity (Wildman–Crippen MR) is 133 cm³/mol. The van der Waals surface area contributed by atoms with Crippen LogP contribution in [0.5, 0.6) is 0 Å². The summed E-state index contributed by atoms with van der Waals surface area (Å²) < 4.78 is 5.74. The van der Waals surface area contributed by atoms with Gasteiger partial charge in [-0.1, -0.05) is 29.8 Å². The van der Waals surface area contributed by atoms with Crippen molar-refractivity contribution >= 4 is 45.9 Å². The van der Waals surface area contributed by atoms with Crippen LogP contribution >= 0.6 is 11.6 Å². The van der Waals surface area contributed by atoms with Crippen molar-refractivity contribution in [1.29, 1.82) is 0 Å². The molecule has 184 valence electrons. The Bertz CT molecular complexity index is 1430. The van der Waals surface area contributed by atoms with Crippen LogP contribution in [0.1, 0.15) is 24.0 Å². The first-order valence-electron chi connectivity index (χ1n) is 12.4. The monoisotopic (exact) mass is 504 g/mol. The average Bonchev–Trinajstić information content (AvgIpc) is 3.67. The highest BCUT2D eigenvalue weighted by atomic mass is 35.5. The third-order valence-electron chi connectivity index (χ3n) is 8.29. The van der Waals surface area contributed by atoms with Gasteiger partial charge in [0.2, 0.25) is 17.7 Å². The molecule has 36 heavy (non-hydrogen) atoms. The number of imide groups is 1. The quantitative estimate of drug-likeness (QED) is 0.474. The van der Waals surface area contributed by atoms with Crippen molar-refractivity contribution in [3.8, 4) is 0 Å². The van der Waals surface area contributed by atoms with Gasteiger partial charge < -0.3 is 15.0 Å². The van der Waals surface area contributed by atoms with E-state index in [-0.39, 0.29) is 30.4 Å². The van der Waals surface area contributed by atoms with Crippen molar-refractivity contribution < 1.29 is 19.1 Å². The maximum atomic E-state index is 13.9. The molecule has 3 saturated heterocycles. The number of halogens is 1. The summed E-state index contributed by atoms with van der Waals surface area (Å²) in [5, 5.41) is 7.95. The molecule has 0 aliphatic carbocycles. The van der Waals surface area contributed by atoms with Gasteiger partial charge in [0.15, 0.2) is 0 Å². The number of anilines is 1. The van der Waals surface area contributed by atoms with Crippen molar-refractivity contribution in [1.82, 2.24) is 15.2 Å². The van der Waals surface area contributed by atoms with Crippen LogP contribution in [0.2, 0.25) is 5.02 Å². The Morgan fingerprint density at radius 1 is 1.11 bits per heavy atom. The molecule has 1 spiro atoms. The largest absolute Gasteiger partial charge is 0.376 e. The predicted octanol–water partition coefficient (Wildman–Crippen LogP) is 2.96. The molecule has 4 aliphatic heterocycles.